The van der Waals surface area contributed by atoms with Gasteiger partial charge >= 0.3 is 82.4 Å². The molecule has 0 bridgehead atoms. The summed E-state index contributed by atoms with van der Waals surface area (Å²) in [7, 11) is 0. The molecule has 0 atom stereocenters. The van der Waals surface area contributed by atoms with Crippen LogP contribution >= 0.6 is 0 Å². The second-order valence-corrected chi connectivity index (χ2v) is 6.81. The minimum atomic E-state index is -3.09. The number of carbonyl (C=O) groups excluding carboxylic acids is 1. The molecule has 68 valence electrons. The molecule has 3 nitrogen and oxygen atoms in total. The first-order chi connectivity index (χ1) is 5.48. The Balaban J connectivity index is 3.53. The molecular weight excluding hydrogens is 359 g/mol. The van der Waals surface area contributed by atoms with E-state index in [1.165, 1.54) is 13.8 Å². The number of alkyl halides is 2. The minimum absolute atomic E-state index is 0.0269. The van der Waals surface area contributed by atoms with Gasteiger partial charge in [0.25, 0.3) is 0 Å². The van der Waals surface area contributed by atoms with Gasteiger partial charge in [0.2, 0.25) is 0 Å². The number of hydrogen-bond acceptors (Lipinski definition) is 3. The molecule has 0 aromatic carbocycles. The van der Waals surface area contributed by atoms with E-state index < -0.39 is 37.1 Å². The molecule has 0 aliphatic heterocycles. The van der Waals surface area contributed by atoms with Crippen molar-refractivity contribution in [1.29, 1.82) is 0 Å². The van der Waals surface area contributed by atoms with E-state index in [0.717, 1.165) is 0 Å². The number of halogens is 2. The van der Waals surface area contributed by atoms with E-state index in [1.807, 2.05) is 0 Å². The fraction of sp³-hybridized carbons (Fsp3) is 0.833. The van der Waals surface area contributed by atoms with Gasteiger partial charge in [0.15, 0.2) is 0 Å². The van der Waals surface area contributed by atoms with Crippen LogP contribution in [-0.2, 0) is 37.2 Å². The zero-order valence-electron chi connectivity index (χ0n) is 7.10. The van der Waals surface area contributed by atoms with Crippen molar-refractivity contribution in [2.45, 2.75) is 23.9 Å². The summed E-state index contributed by atoms with van der Waals surface area (Å²) in [5.74, 6) is -0.469. The van der Waals surface area contributed by atoms with Gasteiger partial charge < -0.3 is 0 Å². The SMILES string of the molecule is CCOC(F)(F)[CH2][Hg][O]C(C)=O. The molecule has 0 aliphatic rings. The fourth-order valence-corrected chi connectivity index (χ4v) is 3.60. The third kappa shape index (κ3) is 6.91. The van der Waals surface area contributed by atoms with E-state index in [0.29, 0.717) is 0 Å². The molecule has 0 unspecified atom stereocenters. The first-order valence-electron chi connectivity index (χ1n) is 3.63. The van der Waals surface area contributed by atoms with Gasteiger partial charge in [-0.2, -0.15) is 0 Å². The Morgan fingerprint density at radius 2 is 2.17 bits per heavy atom. The van der Waals surface area contributed by atoms with Crippen LogP contribution in [-0.4, -0.2) is 18.7 Å². The Bertz CT molecular complexity index is 152. The maximum atomic E-state index is 12.5. The van der Waals surface area contributed by atoms with Crippen LogP contribution in [0.2, 0.25) is 3.93 Å². The van der Waals surface area contributed by atoms with Crippen molar-refractivity contribution in [2.75, 3.05) is 6.61 Å². The maximum absolute atomic E-state index is 12.5. The summed E-state index contributed by atoms with van der Waals surface area (Å²) in [5, 5.41) is 0. The molecule has 0 fully saturated rings. The Labute approximate surface area is 82.5 Å². The second kappa shape index (κ2) is 5.80. The zero-order chi connectivity index (χ0) is 9.61. The van der Waals surface area contributed by atoms with Gasteiger partial charge in [0, 0.05) is 0 Å². The molecule has 12 heavy (non-hydrogen) atoms. The van der Waals surface area contributed by atoms with Gasteiger partial charge in [0.05, 0.1) is 0 Å². The van der Waals surface area contributed by atoms with Crippen LogP contribution in [0.5, 0.6) is 0 Å². The van der Waals surface area contributed by atoms with E-state index in [-0.39, 0.29) is 10.5 Å². The molecular formula is C6H10F2HgO3. The summed E-state index contributed by atoms with van der Waals surface area (Å²) in [6, 6.07) is 0. The van der Waals surface area contributed by atoms with Gasteiger partial charge in [-0.25, -0.2) is 0 Å². The summed E-state index contributed by atoms with van der Waals surface area (Å²) >= 11 is -2.19. The molecule has 0 aliphatic carbocycles. The Morgan fingerprint density at radius 1 is 1.58 bits per heavy atom. The van der Waals surface area contributed by atoms with Crippen LogP contribution in [0.1, 0.15) is 13.8 Å². The van der Waals surface area contributed by atoms with Crippen LogP contribution in [0.25, 0.3) is 0 Å². The average Bonchev–Trinajstić information content (AvgIpc) is 1.85. The first-order valence-corrected chi connectivity index (χ1v) is 9.76. The van der Waals surface area contributed by atoms with Gasteiger partial charge in [-0.05, 0) is 0 Å². The summed E-state index contributed by atoms with van der Waals surface area (Å²) in [6.07, 6.45) is -3.09. The van der Waals surface area contributed by atoms with E-state index in [2.05, 4.69) is 7.38 Å². The van der Waals surface area contributed by atoms with Crippen LogP contribution < -0.4 is 0 Å². The second-order valence-electron chi connectivity index (χ2n) is 2.16. The number of ether oxygens (including phenoxy) is 1. The molecule has 0 aromatic rings. The number of hydrogen-bond donors (Lipinski definition) is 0. The molecule has 0 saturated carbocycles. The quantitative estimate of drug-likeness (QED) is 0.691. The van der Waals surface area contributed by atoms with Crippen LogP contribution in [0.3, 0.4) is 0 Å². The molecule has 0 aromatic heterocycles. The predicted octanol–water partition coefficient (Wildman–Crippen LogP) is 1.59. The van der Waals surface area contributed by atoms with Gasteiger partial charge in [-0.1, -0.05) is 0 Å². The Kier molecular flexibility index (Phi) is 5.91. The molecule has 0 N–H and O–H groups in total. The van der Waals surface area contributed by atoms with Gasteiger partial charge in [-0.15, -0.1) is 0 Å². The standard InChI is InChI=1S/C4H7F2O.C2H4O2.Hg/c1-3-7-4(2,5)6;1-2(3)4;/h2-3H2,1H3;1H3,(H,3,4);/q;;+1/p-1. The van der Waals surface area contributed by atoms with Gasteiger partial charge in [-0.3, -0.25) is 0 Å². The third-order valence-electron chi connectivity index (χ3n) is 1.05. The predicted molar refractivity (Wildman–Crippen MR) is 33.1 cm³/mol. The monoisotopic (exact) mass is 370 g/mol. The molecule has 0 rings (SSSR count). The normalized spacial score (nSPS) is 10.7. The Morgan fingerprint density at radius 3 is 2.58 bits per heavy atom. The molecule has 0 radical (unpaired) electrons. The van der Waals surface area contributed by atoms with E-state index >= 15 is 0 Å². The number of carbonyl (C=O) groups is 1. The van der Waals surface area contributed by atoms with Crippen molar-refractivity contribution in [3.63, 3.8) is 0 Å². The summed E-state index contributed by atoms with van der Waals surface area (Å²) in [5.41, 5.74) is 0. The fourth-order valence-electron chi connectivity index (χ4n) is 0.597. The number of rotatable bonds is 5. The van der Waals surface area contributed by atoms with Crippen molar-refractivity contribution in [3.8, 4) is 0 Å². The van der Waals surface area contributed by atoms with Crippen LogP contribution in [0.15, 0.2) is 0 Å². The molecule has 0 spiro atoms. The van der Waals surface area contributed by atoms with Crippen molar-refractivity contribution in [2.24, 2.45) is 0 Å². The van der Waals surface area contributed by atoms with Crippen molar-refractivity contribution >= 4 is 5.97 Å². The first kappa shape index (κ1) is 12.2. The molecule has 0 heterocycles. The van der Waals surface area contributed by atoms with E-state index in [4.69, 9.17) is 0 Å². The Hall–Kier alpha value is 0.225. The molecule has 0 saturated heterocycles. The summed E-state index contributed by atoms with van der Waals surface area (Å²) in [4.78, 5) is 10.2. The van der Waals surface area contributed by atoms with E-state index in [9.17, 15) is 13.6 Å². The van der Waals surface area contributed by atoms with Gasteiger partial charge in [0.1, 0.15) is 0 Å². The van der Waals surface area contributed by atoms with Crippen molar-refractivity contribution in [3.05, 3.63) is 0 Å². The third-order valence-corrected chi connectivity index (χ3v) is 6.48. The summed E-state index contributed by atoms with van der Waals surface area (Å²) < 4.78 is 33.3. The zero-order valence-corrected chi connectivity index (χ0v) is 12.6. The molecule has 6 heteroatoms. The molecule has 0 amide bonds. The van der Waals surface area contributed by atoms with Crippen LogP contribution in [0.4, 0.5) is 8.78 Å². The van der Waals surface area contributed by atoms with Crippen LogP contribution in [0, 0.1) is 0 Å². The van der Waals surface area contributed by atoms with E-state index in [1.54, 1.807) is 0 Å². The average molecular weight is 369 g/mol. The summed E-state index contributed by atoms with van der Waals surface area (Å²) in [6.45, 7) is 2.69. The van der Waals surface area contributed by atoms with Crippen molar-refractivity contribution < 1.29 is 46.0 Å². The topological polar surface area (TPSA) is 35.5 Å². The van der Waals surface area contributed by atoms with Crippen molar-refractivity contribution in [1.82, 2.24) is 0 Å².